The van der Waals surface area contributed by atoms with Crippen LogP contribution in [0.5, 0.6) is 0 Å². The summed E-state index contributed by atoms with van der Waals surface area (Å²) < 4.78 is 4.93. The number of esters is 1. The molecule has 1 aromatic carbocycles. The summed E-state index contributed by atoms with van der Waals surface area (Å²) in [5.74, 6) is -0.778. The van der Waals surface area contributed by atoms with Crippen LogP contribution in [0.3, 0.4) is 0 Å². The number of carbonyl (C=O) groups excluding carboxylic acids is 2. The molecule has 0 aliphatic heterocycles. The zero-order valence-corrected chi connectivity index (χ0v) is 16.1. The Morgan fingerprint density at radius 2 is 1.70 bits per heavy atom. The minimum Gasteiger partial charge on any atom is -0.465 e. The lowest BCUT2D eigenvalue weighted by Crippen LogP contribution is -2.34. The molecule has 0 N–H and O–H groups in total. The van der Waals surface area contributed by atoms with Crippen LogP contribution in [0.1, 0.15) is 68.9 Å². The van der Waals surface area contributed by atoms with Gasteiger partial charge >= 0.3 is 5.97 Å². The first kappa shape index (κ1) is 18.2. The van der Waals surface area contributed by atoms with Gasteiger partial charge in [0.15, 0.2) is 10.6 Å². The molecule has 0 fully saturated rings. The molecule has 126 valence electrons. The highest BCUT2D eigenvalue weighted by atomic mass is 79.9. The van der Waals surface area contributed by atoms with Crippen LogP contribution in [0.2, 0.25) is 0 Å². The molecule has 0 amide bonds. The zero-order chi connectivity index (χ0) is 17.4. The predicted molar refractivity (Wildman–Crippen MR) is 95.4 cm³/mol. The molecule has 1 atom stereocenters. The largest absolute Gasteiger partial charge is 0.465 e. The number of ketones is 1. The molecule has 0 spiro atoms. The number of hydrogen-bond donors (Lipinski definition) is 0. The molecule has 0 radical (unpaired) electrons. The smallest absolute Gasteiger partial charge is 0.327 e. The molecule has 0 heterocycles. The lowest BCUT2D eigenvalue weighted by atomic mass is 9.63. The first-order chi connectivity index (χ1) is 10.6. The van der Waals surface area contributed by atoms with Crippen LogP contribution in [0.4, 0.5) is 0 Å². The summed E-state index contributed by atoms with van der Waals surface area (Å²) in [6.45, 7) is 10.9. The van der Waals surface area contributed by atoms with Crippen molar-refractivity contribution in [2.45, 2.75) is 63.1 Å². The third kappa shape index (κ3) is 3.52. The molecule has 23 heavy (non-hydrogen) atoms. The quantitative estimate of drug-likeness (QED) is 0.333. The molecule has 3 nitrogen and oxygen atoms in total. The molecule has 1 aliphatic carbocycles. The highest BCUT2D eigenvalue weighted by Crippen LogP contribution is 2.46. The SMILES string of the molecule is CCOC(=O)C(Br)C(=O)c1ccc2c(c1)C(C)(C)CCC2(C)C. The number of ether oxygens (including phenoxy) is 1. The van der Waals surface area contributed by atoms with Gasteiger partial charge in [-0.1, -0.05) is 55.8 Å². The number of alkyl halides is 1. The Morgan fingerprint density at radius 3 is 2.26 bits per heavy atom. The number of fused-ring (bicyclic) bond motifs is 1. The Kier molecular flexibility index (Phi) is 5.05. The second-order valence-corrected chi connectivity index (χ2v) is 8.42. The minimum atomic E-state index is -0.944. The Balaban J connectivity index is 2.40. The van der Waals surface area contributed by atoms with Gasteiger partial charge in [-0.05, 0) is 47.8 Å². The van der Waals surface area contributed by atoms with E-state index in [1.807, 2.05) is 18.2 Å². The molecule has 1 aromatic rings. The van der Waals surface area contributed by atoms with Crippen LogP contribution in [0.15, 0.2) is 18.2 Å². The van der Waals surface area contributed by atoms with Crippen molar-refractivity contribution in [2.24, 2.45) is 0 Å². The monoisotopic (exact) mass is 380 g/mol. The highest BCUT2D eigenvalue weighted by Gasteiger charge is 2.37. The van der Waals surface area contributed by atoms with Crippen molar-refractivity contribution in [3.8, 4) is 0 Å². The Labute approximate surface area is 146 Å². The van der Waals surface area contributed by atoms with Crippen LogP contribution in [0.25, 0.3) is 0 Å². The summed E-state index contributed by atoms with van der Waals surface area (Å²) >= 11 is 3.17. The molecule has 0 saturated heterocycles. The summed E-state index contributed by atoms with van der Waals surface area (Å²) in [6.07, 6.45) is 2.21. The van der Waals surface area contributed by atoms with Gasteiger partial charge in [0.1, 0.15) is 0 Å². The molecular formula is C19H25BrO3. The van der Waals surface area contributed by atoms with E-state index >= 15 is 0 Å². The second-order valence-electron chi connectivity index (χ2n) is 7.51. The molecule has 2 rings (SSSR count). The molecule has 0 aromatic heterocycles. The maximum Gasteiger partial charge on any atom is 0.327 e. The van der Waals surface area contributed by atoms with Crippen molar-refractivity contribution >= 4 is 27.7 Å². The van der Waals surface area contributed by atoms with E-state index in [0.717, 1.165) is 12.8 Å². The maximum atomic E-state index is 12.6. The Morgan fingerprint density at radius 1 is 1.13 bits per heavy atom. The molecule has 1 unspecified atom stereocenters. The average Bonchev–Trinajstić information content (AvgIpc) is 2.50. The number of carbonyl (C=O) groups is 2. The number of Topliss-reactive ketones (excluding diaryl/α,β-unsaturated/α-hetero) is 1. The standard InChI is InChI=1S/C19H25BrO3/c1-6-23-17(22)15(20)16(21)12-7-8-13-14(11-12)19(4,5)10-9-18(13,2)3/h7-8,11,15H,6,9-10H2,1-5H3. The first-order valence-electron chi connectivity index (χ1n) is 8.10. The average molecular weight is 381 g/mol. The van der Waals surface area contributed by atoms with Crippen LogP contribution in [-0.2, 0) is 20.4 Å². The molecular weight excluding hydrogens is 356 g/mol. The zero-order valence-electron chi connectivity index (χ0n) is 14.5. The van der Waals surface area contributed by atoms with Gasteiger partial charge in [-0.15, -0.1) is 0 Å². The second kappa shape index (κ2) is 6.39. The van der Waals surface area contributed by atoms with E-state index in [0.29, 0.717) is 5.56 Å². The summed E-state index contributed by atoms with van der Waals surface area (Å²) in [6, 6.07) is 5.85. The summed E-state index contributed by atoms with van der Waals surface area (Å²) in [5.41, 5.74) is 3.22. The van der Waals surface area contributed by atoms with Crippen molar-refractivity contribution in [2.75, 3.05) is 6.61 Å². The fourth-order valence-corrected chi connectivity index (χ4v) is 3.61. The van der Waals surface area contributed by atoms with E-state index in [-0.39, 0.29) is 23.2 Å². The van der Waals surface area contributed by atoms with E-state index in [2.05, 4.69) is 43.6 Å². The summed E-state index contributed by atoms with van der Waals surface area (Å²) in [5, 5.41) is 0. The third-order valence-corrected chi connectivity index (χ3v) is 5.65. The van der Waals surface area contributed by atoms with E-state index in [1.165, 1.54) is 11.1 Å². The van der Waals surface area contributed by atoms with Crippen molar-refractivity contribution in [3.63, 3.8) is 0 Å². The van der Waals surface area contributed by atoms with Crippen molar-refractivity contribution in [1.82, 2.24) is 0 Å². The fraction of sp³-hybridized carbons (Fsp3) is 0.579. The highest BCUT2D eigenvalue weighted by molar-refractivity contribution is 9.10. The van der Waals surface area contributed by atoms with Gasteiger partial charge in [0.2, 0.25) is 0 Å². The lowest BCUT2D eigenvalue weighted by Gasteiger charge is -2.42. The number of rotatable bonds is 4. The van der Waals surface area contributed by atoms with Crippen molar-refractivity contribution in [1.29, 1.82) is 0 Å². The van der Waals surface area contributed by atoms with Crippen LogP contribution in [-0.4, -0.2) is 23.2 Å². The Hall–Kier alpha value is -1.16. The third-order valence-electron chi connectivity index (χ3n) is 4.86. The van der Waals surface area contributed by atoms with Gasteiger partial charge in [0.25, 0.3) is 0 Å². The van der Waals surface area contributed by atoms with Gasteiger partial charge in [-0.3, -0.25) is 9.59 Å². The van der Waals surface area contributed by atoms with E-state index in [1.54, 1.807) is 6.92 Å². The van der Waals surface area contributed by atoms with Crippen LogP contribution in [0, 0.1) is 0 Å². The molecule has 1 aliphatic rings. The summed E-state index contributed by atoms with van der Waals surface area (Å²) in [7, 11) is 0. The normalized spacial score (nSPS) is 19.6. The number of benzene rings is 1. The predicted octanol–water partition coefficient (Wildman–Crippen LogP) is 4.54. The minimum absolute atomic E-state index is 0.0346. The van der Waals surface area contributed by atoms with Gasteiger partial charge < -0.3 is 4.74 Å². The van der Waals surface area contributed by atoms with E-state index in [4.69, 9.17) is 4.74 Å². The van der Waals surface area contributed by atoms with Crippen molar-refractivity contribution < 1.29 is 14.3 Å². The van der Waals surface area contributed by atoms with E-state index < -0.39 is 10.8 Å². The molecule has 0 bridgehead atoms. The van der Waals surface area contributed by atoms with Gasteiger partial charge in [0.05, 0.1) is 6.61 Å². The lowest BCUT2D eigenvalue weighted by molar-refractivity contribution is -0.141. The van der Waals surface area contributed by atoms with Crippen LogP contribution < -0.4 is 0 Å². The maximum absolute atomic E-state index is 12.6. The van der Waals surface area contributed by atoms with Crippen molar-refractivity contribution in [3.05, 3.63) is 34.9 Å². The number of hydrogen-bond acceptors (Lipinski definition) is 3. The fourth-order valence-electron chi connectivity index (χ4n) is 3.21. The van der Waals surface area contributed by atoms with Gasteiger partial charge in [0, 0.05) is 5.56 Å². The van der Waals surface area contributed by atoms with Gasteiger partial charge in [-0.25, -0.2) is 0 Å². The van der Waals surface area contributed by atoms with Crippen LogP contribution >= 0.6 is 15.9 Å². The number of halogens is 1. The molecule has 0 saturated carbocycles. The van der Waals surface area contributed by atoms with Gasteiger partial charge in [-0.2, -0.15) is 0 Å². The molecule has 4 heteroatoms. The Bertz CT molecular complexity index is 632. The summed E-state index contributed by atoms with van der Waals surface area (Å²) in [4.78, 5) is 23.4. The topological polar surface area (TPSA) is 43.4 Å². The first-order valence-corrected chi connectivity index (χ1v) is 9.01. The van der Waals surface area contributed by atoms with E-state index in [9.17, 15) is 9.59 Å².